The molecule has 0 aliphatic carbocycles. The Kier molecular flexibility index (Phi) is 3.30. The number of amides is 1. The van der Waals surface area contributed by atoms with Crippen LogP contribution in [-0.4, -0.2) is 13.0 Å². The van der Waals surface area contributed by atoms with Crippen molar-refractivity contribution < 1.29 is 4.79 Å². The summed E-state index contributed by atoms with van der Waals surface area (Å²) in [5.74, 6) is -0.0254. The summed E-state index contributed by atoms with van der Waals surface area (Å²) in [7, 11) is 1.64. The van der Waals surface area contributed by atoms with Gasteiger partial charge in [-0.25, -0.2) is 0 Å². The number of carbonyl (C=O) groups excluding carboxylic acids is 1. The molecule has 0 heterocycles. The van der Waals surface area contributed by atoms with Crippen molar-refractivity contribution in [3.63, 3.8) is 0 Å². The van der Waals surface area contributed by atoms with Gasteiger partial charge in [0.2, 0.25) is 0 Å². The molecule has 0 unspecified atom stereocenters. The van der Waals surface area contributed by atoms with Crippen molar-refractivity contribution in [1.29, 1.82) is 0 Å². The first-order valence-corrected chi connectivity index (χ1v) is 5.13. The minimum atomic E-state index is -0.0254. The fraction of sp³-hybridized carbons (Fsp3) is 0.300. The van der Waals surface area contributed by atoms with Crippen molar-refractivity contribution in [2.24, 2.45) is 0 Å². The highest BCUT2D eigenvalue weighted by atomic mass is 127. The molecule has 70 valence electrons. The fourth-order valence-electron chi connectivity index (χ4n) is 1.22. The van der Waals surface area contributed by atoms with E-state index in [0.717, 1.165) is 16.7 Å². The highest BCUT2D eigenvalue weighted by molar-refractivity contribution is 14.1. The van der Waals surface area contributed by atoms with Crippen molar-refractivity contribution in [2.45, 2.75) is 13.8 Å². The molecule has 2 nitrogen and oxygen atoms in total. The Morgan fingerprint density at radius 1 is 1.31 bits per heavy atom. The quantitative estimate of drug-likeness (QED) is 0.789. The fourth-order valence-corrected chi connectivity index (χ4v) is 1.53. The molecule has 0 aliphatic rings. The van der Waals surface area contributed by atoms with Crippen LogP contribution < -0.4 is 5.32 Å². The molecule has 0 spiro atoms. The average molecular weight is 289 g/mol. The second-order valence-corrected chi connectivity index (χ2v) is 4.08. The van der Waals surface area contributed by atoms with E-state index < -0.39 is 0 Å². The molecule has 0 bridgehead atoms. The molecule has 3 heteroatoms. The largest absolute Gasteiger partial charge is 0.355 e. The van der Waals surface area contributed by atoms with E-state index in [-0.39, 0.29) is 5.91 Å². The maximum absolute atomic E-state index is 11.3. The van der Waals surface area contributed by atoms with E-state index in [4.69, 9.17) is 0 Å². The molecule has 1 rings (SSSR count). The molecule has 1 amide bonds. The predicted molar refractivity (Wildman–Crippen MR) is 62.0 cm³/mol. The Morgan fingerprint density at radius 3 is 2.15 bits per heavy atom. The van der Waals surface area contributed by atoms with Gasteiger partial charge in [-0.05, 0) is 59.7 Å². The minimum absolute atomic E-state index is 0.0254. The number of carbonyl (C=O) groups is 1. The lowest BCUT2D eigenvalue weighted by Crippen LogP contribution is -2.18. The van der Waals surface area contributed by atoms with Gasteiger partial charge in [0, 0.05) is 16.2 Å². The van der Waals surface area contributed by atoms with Gasteiger partial charge < -0.3 is 5.32 Å². The zero-order valence-electron chi connectivity index (χ0n) is 7.94. The van der Waals surface area contributed by atoms with E-state index in [9.17, 15) is 4.79 Å². The van der Waals surface area contributed by atoms with Gasteiger partial charge in [-0.3, -0.25) is 4.79 Å². The molecule has 1 aromatic rings. The maximum atomic E-state index is 11.3. The van der Waals surface area contributed by atoms with Crippen LogP contribution in [0.4, 0.5) is 0 Å². The first-order valence-electron chi connectivity index (χ1n) is 4.05. The molecule has 0 aliphatic heterocycles. The van der Waals surface area contributed by atoms with Crippen molar-refractivity contribution in [3.8, 4) is 0 Å². The molecule has 0 saturated carbocycles. The third-order valence-electron chi connectivity index (χ3n) is 1.93. The SMILES string of the molecule is CNC(=O)c1cc(C)c(I)c(C)c1. The van der Waals surface area contributed by atoms with Gasteiger partial charge in [0.1, 0.15) is 0 Å². The number of hydrogen-bond acceptors (Lipinski definition) is 1. The summed E-state index contributed by atoms with van der Waals surface area (Å²) in [5, 5.41) is 2.61. The van der Waals surface area contributed by atoms with Crippen LogP contribution in [-0.2, 0) is 0 Å². The Morgan fingerprint density at radius 2 is 1.77 bits per heavy atom. The van der Waals surface area contributed by atoms with Gasteiger partial charge in [0.15, 0.2) is 0 Å². The number of halogens is 1. The lowest BCUT2D eigenvalue weighted by Gasteiger charge is -2.06. The van der Waals surface area contributed by atoms with Crippen LogP contribution in [0.15, 0.2) is 12.1 Å². The Bertz CT molecular complexity index is 324. The Labute approximate surface area is 91.9 Å². The minimum Gasteiger partial charge on any atom is -0.355 e. The number of aryl methyl sites for hydroxylation is 2. The summed E-state index contributed by atoms with van der Waals surface area (Å²) in [6.45, 7) is 4.03. The normalized spacial score (nSPS) is 9.85. The van der Waals surface area contributed by atoms with Crippen LogP contribution in [0.1, 0.15) is 21.5 Å². The van der Waals surface area contributed by atoms with Crippen LogP contribution in [0.5, 0.6) is 0 Å². The summed E-state index contributed by atoms with van der Waals surface area (Å²) in [6, 6.07) is 3.82. The van der Waals surface area contributed by atoms with Crippen LogP contribution in [0.2, 0.25) is 0 Å². The molecule has 0 radical (unpaired) electrons. The lowest BCUT2D eigenvalue weighted by atomic mass is 10.1. The summed E-state index contributed by atoms with van der Waals surface area (Å²) < 4.78 is 1.23. The molecule has 0 atom stereocenters. The number of benzene rings is 1. The molecule has 0 aromatic heterocycles. The number of nitrogens with one attached hydrogen (secondary N) is 1. The van der Waals surface area contributed by atoms with Gasteiger partial charge in [0.25, 0.3) is 5.91 Å². The highest BCUT2D eigenvalue weighted by Gasteiger charge is 2.06. The average Bonchev–Trinajstić information content (AvgIpc) is 2.12. The standard InChI is InChI=1S/C10H12INO/c1-6-4-8(10(13)12-3)5-7(2)9(6)11/h4-5H,1-3H3,(H,12,13). The van der Waals surface area contributed by atoms with Crippen molar-refractivity contribution in [1.82, 2.24) is 5.32 Å². The molecule has 1 N–H and O–H groups in total. The summed E-state index contributed by atoms with van der Waals surface area (Å²) in [4.78, 5) is 11.3. The molecule has 13 heavy (non-hydrogen) atoms. The van der Waals surface area contributed by atoms with E-state index in [2.05, 4.69) is 27.9 Å². The van der Waals surface area contributed by atoms with Gasteiger partial charge >= 0.3 is 0 Å². The summed E-state index contributed by atoms with van der Waals surface area (Å²) >= 11 is 2.29. The molecule has 0 fully saturated rings. The molecular formula is C10H12INO. The van der Waals surface area contributed by atoms with Gasteiger partial charge in [-0.1, -0.05) is 0 Å². The summed E-state index contributed by atoms with van der Waals surface area (Å²) in [5.41, 5.74) is 3.04. The van der Waals surface area contributed by atoms with Crippen molar-refractivity contribution in [3.05, 3.63) is 32.4 Å². The van der Waals surface area contributed by atoms with Gasteiger partial charge in [0.05, 0.1) is 0 Å². The Balaban J connectivity index is 3.20. The molecular weight excluding hydrogens is 277 g/mol. The lowest BCUT2D eigenvalue weighted by molar-refractivity contribution is 0.0963. The Hall–Kier alpha value is -0.580. The second-order valence-electron chi connectivity index (χ2n) is 3.00. The molecule has 1 aromatic carbocycles. The van der Waals surface area contributed by atoms with Gasteiger partial charge in [-0.2, -0.15) is 0 Å². The van der Waals surface area contributed by atoms with E-state index in [0.29, 0.717) is 0 Å². The predicted octanol–water partition coefficient (Wildman–Crippen LogP) is 2.27. The van der Waals surface area contributed by atoms with Crippen LogP contribution in [0, 0.1) is 17.4 Å². The van der Waals surface area contributed by atoms with Crippen LogP contribution in [0.25, 0.3) is 0 Å². The monoisotopic (exact) mass is 289 g/mol. The first kappa shape index (κ1) is 10.5. The highest BCUT2D eigenvalue weighted by Crippen LogP contribution is 2.18. The van der Waals surface area contributed by atoms with Crippen LogP contribution >= 0.6 is 22.6 Å². The number of rotatable bonds is 1. The van der Waals surface area contributed by atoms with E-state index in [1.807, 2.05) is 26.0 Å². The topological polar surface area (TPSA) is 29.1 Å². The van der Waals surface area contributed by atoms with Crippen molar-refractivity contribution in [2.75, 3.05) is 7.05 Å². The molecule has 0 saturated heterocycles. The van der Waals surface area contributed by atoms with E-state index >= 15 is 0 Å². The van der Waals surface area contributed by atoms with E-state index in [1.165, 1.54) is 3.57 Å². The second kappa shape index (κ2) is 4.09. The number of hydrogen-bond donors (Lipinski definition) is 1. The third-order valence-corrected chi connectivity index (χ3v) is 3.63. The smallest absolute Gasteiger partial charge is 0.251 e. The van der Waals surface area contributed by atoms with Crippen molar-refractivity contribution >= 4 is 28.5 Å². The summed E-state index contributed by atoms with van der Waals surface area (Å²) in [6.07, 6.45) is 0. The van der Waals surface area contributed by atoms with Gasteiger partial charge in [-0.15, -0.1) is 0 Å². The van der Waals surface area contributed by atoms with Crippen LogP contribution in [0.3, 0.4) is 0 Å². The zero-order chi connectivity index (χ0) is 10.0. The third kappa shape index (κ3) is 2.21. The van der Waals surface area contributed by atoms with E-state index in [1.54, 1.807) is 7.05 Å². The zero-order valence-corrected chi connectivity index (χ0v) is 10.1. The maximum Gasteiger partial charge on any atom is 0.251 e. The first-order chi connectivity index (χ1) is 6.06.